The first-order valence-corrected chi connectivity index (χ1v) is 6.59. The molecule has 0 spiro atoms. The third-order valence-electron chi connectivity index (χ3n) is 3.97. The highest BCUT2D eigenvalue weighted by Crippen LogP contribution is 2.42. The lowest BCUT2D eigenvalue weighted by atomic mass is 9.82. The third-order valence-corrected chi connectivity index (χ3v) is 3.97. The van der Waals surface area contributed by atoms with Gasteiger partial charge in [-0.2, -0.15) is 0 Å². The Balaban J connectivity index is 2.08. The number of rotatable bonds is 3. The molecule has 94 valence electrons. The zero-order valence-electron chi connectivity index (χ0n) is 10.6. The molecule has 0 saturated heterocycles. The largest absolute Gasteiger partial charge is 0.460 e. The van der Waals surface area contributed by atoms with E-state index >= 15 is 0 Å². The second-order valence-corrected chi connectivity index (χ2v) is 5.05. The van der Waals surface area contributed by atoms with Crippen LogP contribution in [0.25, 0.3) is 11.3 Å². The zero-order chi connectivity index (χ0) is 12.5. The maximum absolute atomic E-state index is 9.57. The lowest BCUT2D eigenvalue weighted by Crippen LogP contribution is -2.09. The van der Waals surface area contributed by atoms with Gasteiger partial charge in [0.15, 0.2) is 0 Å². The van der Waals surface area contributed by atoms with Crippen molar-refractivity contribution in [3.05, 3.63) is 47.2 Å². The Hall–Kier alpha value is -1.54. The van der Waals surface area contributed by atoms with Gasteiger partial charge >= 0.3 is 0 Å². The molecule has 1 N–H and O–H groups in total. The maximum atomic E-state index is 9.57. The summed E-state index contributed by atoms with van der Waals surface area (Å²) in [6, 6.07) is 10.1. The van der Waals surface area contributed by atoms with Gasteiger partial charge in [-0.3, -0.25) is 0 Å². The van der Waals surface area contributed by atoms with E-state index in [9.17, 15) is 5.11 Å². The third kappa shape index (κ3) is 1.77. The average molecular weight is 242 g/mol. The molecule has 1 aromatic heterocycles. The van der Waals surface area contributed by atoms with E-state index in [4.69, 9.17) is 4.42 Å². The quantitative estimate of drug-likeness (QED) is 0.882. The Labute approximate surface area is 107 Å². The Morgan fingerprint density at radius 3 is 2.50 bits per heavy atom. The van der Waals surface area contributed by atoms with Crippen molar-refractivity contribution in [2.45, 2.75) is 38.7 Å². The summed E-state index contributed by atoms with van der Waals surface area (Å²) in [5.74, 6) is 2.45. The number of aliphatic hydroxyl groups is 1. The molecule has 3 rings (SSSR count). The van der Waals surface area contributed by atoms with Gasteiger partial charge in [-0.1, -0.05) is 36.8 Å². The molecule has 2 aromatic rings. The van der Waals surface area contributed by atoms with Crippen LogP contribution in [0.1, 0.15) is 42.1 Å². The molecule has 0 radical (unpaired) electrons. The average Bonchev–Trinajstić information content (AvgIpc) is 2.65. The molecule has 0 unspecified atom stereocenters. The monoisotopic (exact) mass is 242 g/mol. The molecule has 0 amide bonds. The molecule has 0 atom stereocenters. The summed E-state index contributed by atoms with van der Waals surface area (Å²) >= 11 is 0. The summed E-state index contributed by atoms with van der Waals surface area (Å²) in [6.45, 7) is 2.12. The number of furan rings is 1. The van der Waals surface area contributed by atoms with Crippen LogP contribution in [0.5, 0.6) is 0 Å². The molecule has 1 saturated carbocycles. The van der Waals surface area contributed by atoms with Crippen LogP contribution in [-0.4, -0.2) is 5.11 Å². The summed E-state index contributed by atoms with van der Waals surface area (Å²) < 4.78 is 6.07. The zero-order valence-corrected chi connectivity index (χ0v) is 10.6. The van der Waals surface area contributed by atoms with Crippen molar-refractivity contribution in [1.29, 1.82) is 0 Å². The topological polar surface area (TPSA) is 33.4 Å². The fourth-order valence-electron chi connectivity index (χ4n) is 2.63. The lowest BCUT2D eigenvalue weighted by molar-refractivity contribution is 0.269. The van der Waals surface area contributed by atoms with Gasteiger partial charge in [0.2, 0.25) is 0 Å². The summed E-state index contributed by atoms with van der Waals surface area (Å²) in [4.78, 5) is 0. The van der Waals surface area contributed by atoms with Crippen LogP contribution >= 0.6 is 0 Å². The van der Waals surface area contributed by atoms with Gasteiger partial charge < -0.3 is 9.52 Å². The Morgan fingerprint density at radius 1 is 1.22 bits per heavy atom. The van der Waals surface area contributed by atoms with E-state index in [-0.39, 0.29) is 6.61 Å². The number of benzene rings is 1. The summed E-state index contributed by atoms with van der Waals surface area (Å²) in [5, 5.41) is 9.57. The van der Waals surface area contributed by atoms with Crippen molar-refractivity contribution in [3.8, 4) is 11.3 Å². The summed E-state index contributed by atoms with van der Waals surface area (Å²) in [7, 11) is 0. The van der Waals surface area contributed by atoms with Gasteiger partial charge in [0.25, 0.3) is 0 Å². The Kier molecular flexibility index (Phi) is 2.96. The first-order chi connectivity index (χ1) is 8.81. The van der Waals surface area contributed by atoms with Crippen molar-refractivity contribution in [1.82, 2.24) is 0 Å². The van der Waals surface area contributed by atoms with Gasteiger partial charge in [-0.15, -0.1) is 0 Å². The fraction of sp³-hybridized carbons (Fsp3) is 0.375. The smallest absolute Gasteiger partial charge is 0.137 e. The van der Waals surface area contributed by atoms with Crippen molar-refractivity contribution in [2.24, 2.45) is 0 Å². The fourth-order valence-corrected chi connectivity index (χ4v) is 2.63. The predicted octanol–water partition coefficient (Wildman–Crippen LogP) is 4.01. The number of hydrogen-bond acceptors (Lipinski definition) is 2. The van der Waals surface area contributed by atoms with E-state index in [1.165, 1.54) is 19.3 Å². The first kappa shape index (κ1) is 11.5. The minimum atomic E-state index is 0.0774. The molecule has 1 fully saturated rings. The SMILES string of the molecule is Cc1c(-c2ccccc2)oc(C2CCC2)c1CO. The first-order valence-electron chi connectivity index (χ1n) is 6.59. The van der Waals surface area contributed by atoms with Gasteiger partial charge in [-0.25, -0.2) is 0 Å². The highest BCUT2D eigenvalue weighted by atomic mass is 16.3. The van der Waals surface area contributed by atoms with Crippen LogP contribution < -0.4 is 0 Å². The Morgan fingerprint density at radius 2 is 1.94 bits per heavy atom. The molecule has 1 heterocycles. The van der Waals surface area contributed by atoms with Crippen LogP contribution in [0.3, 0.4) is 0 Å². The van der Waals surface area contributed by atoms with Crippen LogP contribution in [-0.2, 0) is 6.61 Å². The highest BCUT2D eigenvalue weighted by Gasteiger charge is 2.28. The van der Waals surface area contributed by atoms with E-state index in [1.807, 2.05) is 25.1 Å². The molecule has 0 aliphatic heterocycles. The number of aliphatic hydroxyl groups excluding tert-OH is 1. The molecular weight excluding hydrogens is 224 g/mol. The van der Waals surface area contributed by atoms with Crippen LogP contribution in [0.15, 0.2) is 34.7 Å². The van der Waals surface area contributed by atoms with Crippen molar-refractivity contribution in [2.75, 3.05) is 0 Å². The molecule has 18 heavy (non-hydrogen) atoms. The van der Waals surface area contributed by atoms with E-state index in [0.717, 1.165) is 28.2 Å². The van der Waals surface area contributed by atoms with Crippen molar-refractivity contribution >= 4 is 0 Å². The second kappa shape index (κ2) is 4.62. The van der Waals surface area contributed by atoms with E-state index < -0.39 is 0 Å². The normalized spacial score (nSPS) is 15.7. The summed E-state index contributed by atoms with van der Waals surface area (Å²) in [6.07, 6.45) is 3.65. The van der Waals surface area contributed by atoms with Crippen molar-refractivity contribution < 1.29 is 9.52 Å². The van der Waals surface area contributed by atoms with E-state index in [2.05, 4.69) is 12.1 Å². The Bertz CT molecular complexity index is 536. The van der Waals surface area contributed by atoms with Gasteiger partial charge in [0.05, 0.1) is 6.61 Å². The standard InChI is InChI=1S/C16H18O2/c1-11-14(10-17)16(13-8-5-9-13)18-15(11)12-6-3-2-4-7-12/h2-4,6-7,13,17H,5,8-10H2,1H3. The van der Waals surface area contributed by atoms with Gasteiger partial charge in [-0.05, 0) is 19.8 Å². The van der Waals surface area contributed by atoms with Crippen LogP contribution in [0.4, 0.5) is 0 Å². The molecular formula is C16H18O2. The number of hydrogen-bond donors (Lipinski definition) is 1. The van der Waals surface area contributed by atoms with Crippen LogP contribution in [0, 0.1) is 6.92 Å². The molecule has 2 nitrogen and oxygen atoms in total. The minimum Gasteiger partial charge on any atom is -0.460 e. The lowest BCUT2D eigenvalue weighted by Gasteiger charge is -2.24. The van der Waals surface area contributed by atoms with Gasteiger partial charge in [0.1, 0.15) is 11.5 Å². The molecule has 1 aromatic carbocycles. The highest BCUT2D eigenvalue weighted by molar-refractivity contribution is 5.63. The molecule has 1 aliphatic carbocycles. The molecule has 1 aliphatic rings. The predicted molar refractivity (Wildman–Crippen MR) is 71.4 cm³/mol. The van der Waals surface area contributed by atoms with Crippen LogP contribution in [0.2, 0.25) is 0 Å². The summed E-state index contributed by atoms with van der Waals surface area (Å²) in [5.41, 5.74) is 3.18. The van der Waals surface area contributed by atoms with E-state index in [0.29, 0.717) is 5.92 Å². The maximum Gasteiger partial charge on any atom is 0.137 e. The molecule has 0 bridgehead atoms. The molecule has 2 heteroatoms. The van der Waals surface area contributed by atoms with Crippen molar-refractivity contribution in [3.63, 3.8) is 0 Å². The van der Waals surface area contributed by atoms with E-state index in [1.54, 1.807) is 0 Å². The second-order valence-electron chi connectivity index (χ2n) is 5.05. The van der Waals surface area contributed by atoms with Gasteiger partial charge in [0, 0.05) is 22.6 Å². The minimum absolute atomic E-state index is 0.0774.